The van der Waals surface area contributed by atoms with E-state index < -0.39 is 0 Å². The zero-order valence-electron chi connectivity index (χ0n) is 10.0. The first-order valence-electron chi connectivity index (χ1n) is 5.80. The van der Waals surface area contributed by atoms with E-state index >= 15 is 0 Å². The second-order valence-electron chi connectivity index (χ2n) is 4.39. The molecule has 0 saturated carbocycles. The monoisotopic (exact) mass is 246 g/mol. The predicted octanol–water partition coefficient (Wildman–Crippen LogP) is 2.67. The average molecular weight is 246 g/mol. The Morgan fingerprint density at radius 1 is 1.24 bits per heavy atom. The van der Waals surface area contributed by atoms with Gasteiger partial charge in [0, 0.05) is 6.04 Å². The van der Waals surface area contributed by atoms with Gasteiger partial charge in [-0.15, -0.1) is 0 Å². The standard InChI is InChI=1S/C14H18N2S/c1-11-3-2-4-12(7-11)8-14(16-15)9-13-5-6-17-10-13/h2-7,10,14,16H,8-9,15H2,1H3. The number of nitrogens with one attached hydrogen (secondary N) is 1. The van der Waals surface area contributed by atoms with E-state index in [0.29, 0.717) is 6.04 Å². The summed E-state index contributed by atoms with van der Waals surface area (Å²) >= 11 is 1.73. The second kappa shape index (κ2) is 5.96. The van der Waals surface area contributed by atoms with Gasteiger partial charge in [0.2, 0.25) is 0 Å². The zero-order valence-corrected chi connectivity index (χ0v) is 10.8. The van der Waals surface area contributed by atoms with E-state index in [1.54, 1.807) is 11.3 Å². The molecule has 0 aliphatic heterocycles. The van der Waals surface area contributed by atoms with Crippen LogP contribution >= 0.6 is 11.3 Å². The summed E-state index contributed by atoms with van der Waals surface area (Å²) in [5.41, 5.74) is 6.90. The summed E-state index contributed by atoms with van der Waals surface area (Å²) in [5.74, 6) is 5.63. The highest BCUT2D eigenvalue weighted by molar-refractivity contribution is 7.07. The number of rotatable bonds is 5. The van der Waals surface area contributed by atoms with Gasteiger partial charge in [0.1, 0.15) is 0 Å². The van der Waals surface area contributed by atoms with Gasteiger partial charge in [-0.1, -0.05) is 29.8 Å². The van der Waals surface area contributed by atoms with E-state index in [-0.39, 0.29) is 0 Å². The first-order valence-corrected chi connectivity index (χ1v) is 6.75. The molecule has 1 aromatic heterocycles. The minimum absolute atomic E-state index is 0.298. The van der Waals surface area contributed by atoms with Crippen molar-refractivity contribution in [3.05, 3.63) is 57.8 Å². The number of benzene rings is 1. The van der Waals surface area contributed by atoms with Crippen LogP contribution in [0.15, 0.2) is 41.1 Å². The van der Waals surface area contributed by atoms with Crippen LogP contribution < -0.4 is 11.3 Å². The molecule has 2 rings (SSSR count). The van der Waals surface area contributed by atoms with Crippen LogP contribution in [0.5, 0.6) is 0 Å². The quantitative estimate of drug-likeness (QED) is 0.629. The van der Waals surface area contributed by atoms with E-state index in [9.17, 15) is 0 Å². The first-order chi connectivity index (χ1) is 8.28. The van der Waals surface area contributed by atoms with Gasteiger partial charge in [-0.2, -0.15) is 11.3 Å². The normalized spacial score (nSPS) is 12.6. The lowest BCUT2D eigenvalue weighted by molar-refractivity contribution is 0.523. The summed E-state index contributed by atoms with van der Waals surface area (Å²) < 4.78 is 0. The minimum Gasteiger partial charge on any atom is -0.271 e. The number of hydrogen-bond acceptors (Lipinski definition) is 3. The predicted molar refractivity (Wildman–Crippen MR) is 74.0 cm³/mol. The molecular weight excluding hydrogens is 228 g/mol. The van der Waals surface area contributed by atoms with Gasteiger partial charge in [-0.05, 0) is 47.7 Å². The van der Waals surface area contributed by atoms with Crippen molar-refractivity contribution in [1.29, 1.82) is 0 Å². The summed E-state index contributed by atoms with van der Waals surface area (Å²) in [6.07, 6.45) is 1.95. The van der Waals surface area contributed by atoms with Crippen LogP contribution in [0.1, 0.15) is 16.7 Å². The molecule has 0 aliphatic carbocycles. The van der Waals surface area contributed by atoms with Crippen molar-refractivity contribution in [2.45, 2.75) is 25.8 Å². The smallest absolute Gasteiger partial charge is 0.0291 e. The number of aryl methyl sites for hydroxylation is 1. The van der Waals surface area contributed by atoms with Crippen molar-refractivity contribution in [2.75, 3.05) is 0 Å². The second-order valence-corrected chi connectivity index (χ2v) is 5.17. The molecule has 3 N–H and O–H groups in total. The molecule has 0 radical (unpaired) electrons. The molecule has 0 bridgehead atoms. The molecule has 3 heteroatoms. The Kier molecular flexibility index (Phi) is 4.31. The largest absolute Gasteiger partial charge is 0.271 e. The zero-order chi connectivity index (χ0) is 12.1. The summed E-state index contributed by atoms with van der Waals surface area (Å²) in [5, 5.41) is 4.29. The number of thiophene rings is 1. The Hall–Kier alpha value is -1.16. The number of hydrazine groups is 1. The molecule has 0 aliphatic rings. The Balaban J connectivity index is 2.00. The number of nitrogens with two attached hydrogens (primary N) is 1. The van der Waals surface area contributed by atoms with Gasteiger partial charge in [0.15, 0.2) is 0 Å². The van der Waals surface area contributed by atoms with Crippen LogP contribution in [0.4, 0.5) is 0 Å². The van der Waals surface area contributed by atoms with Crippen LogP contribution in [0.25, 0.3) is 0 Å². The van der Waals surface area contributed by atoms with Gasteiger partial charge in [0.05, 0.1) is 0 Å². The molecule has 0 saturated heterocycles. The van der Waals surface area contributed by atoms with E-state index in [1.165, 1.54) is 16.7 Å². The molecule has 90 valence electrons. The molecule has 1 atom stereocenters. The lowest BCUT2D eigenvalue weighted by Gasteiger charge is -2.15. The van der Waals surface area contributed by atoms with Crippen molar-refractivity contribution >= 4 is 11.3 Å². The Morgan fingerprint density at radius 3 is 2.71 bits per heavy atom. The molecule has 2 nitrogen and oxygen atoms in total. The van der Waals surface area contributed by atoms with Crippen molar-refractivity contribution < 1.29 is 0 Å². The van der Waals surface area contributed by atoms with Gasteiger partial charge >= 0.3 is 0 Å². The highest BCUT2D eigenvalue weighted by atomic mass is 32.1. The van der Waals surface area contributed by atoms with Crippen LogP contribution in [-0.4, -0.2) is 6.04 Å². The third-order valence-corrected chi connectivity index (χ3v) is 3.59. The van der Waals surface area contributed by atoms with Crippen molar-refractivity contribution in [3.8, 4) is 0 Å². The molecular formula is C14H18N2S. The highest BCUT2D eigenvalue weighted by Gasteiger charge is 2.09. The maximum atomic E-state index is 5.63. The molecule has 0 spiro atoms. The van der Waals surface area contributed by atoms with Gasteiger partial charge < -0.3 is 0 Å². The molecule has 1 heterocycles. The molecule has 17 heavy (non-hydrogen) atoms. The average Bonchev–Trinajstić information content (AvgIpc) is 2.81. The maximum absolute atomic E-state index is 5.63. The highest BCUT2D eigenvalue weighted by Crippen LogP contribution is 2.12. The van der Waals surface area contributed by atoms with Crippen LogP contribution in [0.3, 0.4) is 0 Å². The molecule has 0 fully saturated rings. The minimum atomic E-state index is 0.298. The van der Waals surface area contributed by atoms with Gasteiger partial charge in [-0.25, -0.2) is 0 Å². The Morgan fingerprint density at radius 2 is 2.06 bits per heavy atom. The fourth-order valence-corrected chi connectivity index (χ4v) is 2.69. The maximum Gasteiger partial charge on any atom is 0.0291 e. The number of hydrogen-bond donors (Lipinski definition) is 2. The van der Waals surface area contributed by atoms with Crippen LogP contribution in [0, 0.1) is 6.92 Å². The van der Waals surface area contributed by atoms with Crippen LogP contribution in [0.2, 0.25) is 0 Å². The third kappa shape index (κ3) is 3.66. The summed E-state index contributed by atoms with van der Waals surface area (Å²) in [4.78, 5) is 0. The van der Waals surface area contributed by atoms with Crippen molar-refractivity contribution in [2.24, 2.45) is 5.84 Å². The summed E-state index contributed by atoms with van der Waals surface area (Å²) in [6.45, 7) is 2.12. The van der Waals surface area contributed by atoms with Crippen molar-refractivity contribution in [1.82, 2.24) is 5.43 Å². The molecule has 2 aromatic rings. The molecule has 0 amide bonds. The van der Waals surface area contributed by atoms with Crippen molar-refractivity contribution in [3.63, 3.8) is 0 Å². The summed E-state index contributed by atoms with van der Waals surface area (Å²) in [7, 11) is 0. The first kappa shape index (κ1) is 12.3. The topological polar surface area (TPSA) is 38.0 Å². The van der Waals surface area contributed by atoms with E-state index in [2.05, 4.69) is 53.4 Å². The van der Waals surface area contributed by atoms with E-state index in [4.69, 9.17) is 5.84 Å². The third-order valence-electron chi connectivity index (χ3n) is 2.86. The Labute approximate surface area is 106 Å². The molecule has 1 aromatic carbocycles. The fourth-order valence-electron chi connectivity index (χ4n) is 2.01. The van der Waals surface area contributed by atoms with Gasteiger partial charge in [0.25, 0.3) is 0 Å². The van der Waals surface area contributed by atoms with E-state index in [1.807, 2.05) is 0 Å². The van der Waals surface area contributed by atoms with Crippen LogP contribution in [-0.2, 0) is 12.8 Å². The fraction of sp³-hybridized carbons (Fsp3) is 0.286. The lowest BCUT2D eigenvalue weighted by Crippen LogP contribution is -2.38. The molecule has 1 unspecified atom stereocenters. The summed E-state index contributed by atoms with van der Waals surface area (Å²) in [6, 6.07) is 11.1. The SMILES string of the molecule is Cc1cccc(CC(Cc2ccsc2)NN)c1. The van der Waals surface area contributed by atoms with Gasteiger partial charge in [-0.3, -0.25) is 11.3 Å². The Bertz CT molecular complexity index is 451. The van der Waals surface area contributed by atoms with E-state index in [0.717, 1.165) is 12.8 Å². The lowest BCUT2D eigenvalue weighted by atomic mass is 10.00.